The van der Waals surface area contributed by atoms with Crippen molar-refractivity contribution < 1.29 is 13.2 Å². The van der Waals surface area contributed by atoms with Crippen LogP contribution < -0.4 is 0 Å². The van der Waals surface area contributed by atoms with E-state index in [0.29, 0.717) is 0 Å². The second kappa shape index (κ2) is 3.16. The molecule has 0 bridgehead atoms. The summed E-state index contributed by atoms with van der Waals surface area (Å²) in [6.45, 7) is 1.35. The monoisotopic (exact) mass is 221 g/mol. The molecule has 1 heterocycles. The number of nitrogens with zero attached hydrogens (tertiary/aromatic N) is 1. The zero-order chi connectivity index (χ0) is 10.2. The van der Waals surface area contributed by atoms with E-state index in [1.807, 2.05) is 0 Å². The zero-order valence-corrected chi connectivity index (χ0v) is 8.69. The summed E-state index contributed by atoms with van der Waals surface area (Å²) in [5.41, 5.74) is 0.287. The summed E-state index contributed by atoms with van der Waals surface area (Å²) in [5, 5.41) is 0.0210. The smallest absolute Gasteiger partial charge is 0.236 e. The Labute approximate surface area is 81.2 Å². The maximum absolute atomic E-state index is 11.1. The zero-order valence-electron chi connectivity index (χ0n) is 7.11. The van der Waals surface area contributed by atoms with Crippen LogP contribution in [0.3, 0.4) is 0 Å². The molecule has 4 nitrogen and oxygen atoms in total. The maximum atomic E-state index is 11.1. The van der Waals surface area contributed by atoms with Gasteiger partial charge in [0.1, 0.15) is 5.15 Å². The van der Waals surface area contributed by atoms with Crippen LogP contribution in [-0.2, 0) is 10.0 Å². The van der Waals surface area contributed by atoms with E-state index in [0.717, 1.165) is 10.2 Å². The molecule has 0 saturated heterocycles. The number of carbonyl (C=O) groups is 1. The molecule has 0 aliphatic carbocycles. The van der Waals surface area contributed by atoms with Crippen molar-refractivity contribution in [3.05, 3.63) is 23.0 Å². The SMILES string of the molecule is CC(=O)c1cc(Cl)n(S(C)(=O)=O)c1. The van der Waals surface area contributed by atoms with E-state index in [2.05, 4.69) is 0 Å². The fraction of sp³-hybridized carbons (Fsp3) is 0.286. The second-order valence-corrected chi connectivity index (χ2v) is 4.91. The Kier molecular flexibility index (Phi) is 2.49. The van der Waals surface area contributed by atoms with Crippen LogP contribution in [-0.4, -0.2) is 24.4 Å². The van der Waals surface area contributed by atoms with E-state index < -0.39 is 10.0 Å². The lowest BCUT2D eigenvalue weighted by molar-refractivity contribution is 0.101. The number of Topliss-reactive ketones (excluding diaryl/α,β-unsaturated/α-hetero) is 1. The Morgan fingerprint density at radius 1 is 1.54 bits per heavy atom. The minimum absolute atomic E-state index is 0.0210. The number of ketones is 1. The molecule has 0 radical (unpaired) electrons. The molecule has 0 N–H and O–H groups in total. The average molecular weight is 222 g/mol. The third-order valence-electron chi connectivity index (χ3n) is 1.51. The first-order valence-electron chi connectivity index (χ1n) is 3.42. The van der Waals surface area contributed by atoms with Crippen LogP contribution >= 0.6 is 11.6 Å². The van der Waals surface area contributed by atoms with Gasteiger partial charge < -0.3 is 0 Å². The molecule has 0 spiro atoms. The standard InChI is InChI=1S/C7H8ClNO3S/c1-5(10)6-3-7(8)9(4-6)13(2,11)12/h3-4H,1-2H3. The predicted octanol–water partition coefficient (Wildman–Crippen LogP) is 1.15. The molecular weight excluding hydrogens is 214 g/mol. The summed E-state index contributed by atoms with van der Waals surface area (Å²) >= 11 is 5.61. The molecule has 0 unspecified atom stereocenters. The fourth-order valence-electron chi connectivity index (χ4n) is 0.864. The van der Waals surface area contributed by atoms with Gasteiger partial charge in [-0.25, -0.2) is 12.4 Å². The van der Waals surface area contributed by atoms with Crippen molar-refractivity contribution in [1.82, 2.24) is 3.97 Å². The topological polar surface area (TPSA) is 56.1 Å². The highest BCUT2D eigenvalue weighted by atomic mass is 35.5. The van der Waals surface area contributed by atoms with Crippen molar-refractivity contribution in [1.29, 1.82) is 0 Å². The Bertz CT molecular complexity index is 446. The highest BCUT2D eigenvalue weighted by Gasteiger charge is 2.13. The van der Waals surface area contributed by atoms with Gasteiger partial charge in [0.15, 0.2) is 5.78 Å². The molecule has 13 heavy (non-hydrogen) atoms. The van der Waals surface area contributed by atoms with Gasteiger partial charge in [-0.3, -0.25) is 4.79 Å². The van der Waals surface area contributed by atoms with Gasteiger partial charge in [-0.05, 0) is 13.0 Å². The van der Waals surface area contributed by atoms with Crippen LogP contribution in [0.2, 0.25) is 5.15 Å². The molecule has 0 atom stereocenters. The molecule has 0 amide bonds. The molecular formula is C7H8ClNO3S. The van der Waals surface area contributed by atoms with E-state index in [1.54, 1.807) is 0 Å². The van der Waals surface area contributed by atoms with Crippen LogP contribution in [0, 0.1) is 0 Å². The minimum Gasteiger partial charge on any atom is -0.294 e. The Hall–Kier alpha value is -0.810. The molecule has 1 aromatic rings. The lowest BCUT2D eigenvalue weighted by atomic mass is 10.2. The van der Waals surface area contributed by atoms with Gasteiger partial charge in [0.2, 0.25) is 10.0 Å². The number of aromatic nitrogens is 1. The third kappa shape index (κ3) is 2.10. The number of carbonyl (C=O) groups excluding carboxylic acids is 1. The predicted molar refractivity (Wildman–Crippen MR) is 49.7 cm³/mol. The highest BCUT2D eigenvalue weighted by molar-refractivity contribution is 7.89. The number of hydrogen-bond acceptors (Lipinski definition) is 3. The molecule has 6 heteroatoms. The first-order chi connectivity index (χ1) is 5.82. The van der Waals surface area contributed by atoms with E-state index in [4.69, 9.17) is 11.6 Å². The summed E-state index contributed by atoms with van der Waals surface area (Å²) in [7, 11) is -3.41. The number of hydrogen-bond donors (Lipinski definition) is 0. The minimum atomic E-state index is -3.41. The summed E-state index contributed by atoms with van der Waals surface area (Å²) in [5.74, 6) is -0.218. The molecule has 0 fully saturated rings. The molecule has 0 aliphatic heterocycles. The van der Waals surface area contributed by atoms with E-state index in [-0.39, 0.29) is 16.5 Å². The van der Waals surface area contributed by atoms with E-state index >= 15 is 0 Å². The first kappa shape index (κ1) is 10.3. The van der Waals surface area contributed by atoms with Crippen molar-refractivity contribution in [3.63, 3.8) is 0 Å². The van der Waals surface area contributed by atoms with Gasteiger partial charge in [-0.1, -0.05) is 11.6 Å². The Balaban J connectivity index is 3.35. The number of rotatable bonds is 2. The molecule has 0 saturated carbocycles. The van der Waals surface area contributed by atoms with Crippen molar-refractivity contribution >= 4 is 27.4 Å². The quantitative estimate of drug-likeness (QED) is 0.704. The average Bonchev–Trinajstić information content (AvgIpc) is 2.29. The first-order valence-corrected chi connectivity index (χ1v) is 5.64. The largest absolute Gasteiger partial charge is 0.294 e. The van der Waals surface area contributed by atoms with Crippen LogP contribution in [0.5, 0.6) is 0 Å². The van der Waals surface area contributed by atoms with E-state index in [9.17, 15) is 13.2 Å². The third-order valence-corrected chi connectivity index (χ3v) is 2.91. The summed E-state index contributed by atoms with van der Waals surface area (Å²) in [6.07, 6.45) is 2.22. The molecule has 1 aromatic heterocycles. The summed E-state index contributed by atoms with van der Waals surface area (Å²) in [4.78, 5) is 10.9. The normalized spacial score (nSPS) is 11.6. The highest BCUT2D eigenvalue weighted by Crippen LogP contribution is 2.16. The Morgan fingerprint density at radius 3 is 2.31 bits per heavy atom. The van der Waals surface area contributed by atoms with Gasteiger partial charge in [-0.15, -0.1) is 0 Å². The maximum Gasteiger partial charge on any atom is 0.236 e. The van der Waals surface area contributed by atoms with Crippen molar-refractivity contribution in [2.24, 2.45) is 0 Å². The van der Waals surface area contributed by atoms with Gasteiger partial charge >= 0.3 is 0 Å². The van der Waals surface area contributed by atoms with Crippen molar-refractivity contribution in [2.45, 2.75) is 6.92 Å². The number of halogens is 1. The lowest BCUT2D eigenvalue weighted by Crippen LogP contribution is -2.08. The molecule has 72 valence electrons. The van der Waals surface area contributed by atoms with Crippen molar-refractivity contribution in [3.8, 4) is 0 Å². The van der Waals surface area contributed by atoms with Gasteiger partial charge in [0.25, 0.3) is 0 Å². The van der Waals surface area contributed by atoms with Gasteiger partial charge in [0, 0.05) is 11.8 Å². The summed E-state index contributed by atoms with van der Waals surface area (Å²) < 4.78 is 23.0. The summed E-state index contributed by atoms with van der Waals surface area (Å²) in [6, 6.07) is 1.32. The second-order valence-electron chi connectivity index (χ2n) is 2.67. The van der Waals surface area contributed by atoms with Crippen molar-refractivity contribution in [2.75, 3.05) is 6.26 Å². The molecule has 1 rings (SSSR count). The van der Waals surface area contributed by atoms with Gasteiger partial charge in [0.05, 0.1) is 6.26 Å². The Morgan fingerprint density at radius 2 is 2.08 bits per heavy atom. The van der Waals surface area contributed by atoms with Crippen LogP contribution in [0.1, 0.15) is 17.3 Å². The molecule has 0 aromatic carbocycles. The van der Waals surface area contributed by atoms with Crippen LogP contribution in [0.15, 0.2) is 12.3 Å². The fourth-order valence-corrected chi connectivity index (χ4v) is 2.08. The van der Waals surface area contributed by atoms with Crippen LogP contribution in [0.25, 0.3) is 0 Å². The lowest BCUT2D eigenvalue weighted by Gasteiger charge is -1.98. The van der Waals surface area contributed by atoms with Gasteiger partial charge in [-0.2, -0.15) is 0 Å². The van der Waals surface area contributed by atoms with Crippen LogP contribution in [0.4, 0.5) is 0 Å². The van der Waals surface area contributed by atoms with E-state index in [1.165, 1.54) is 19.2 Å². The molecule has 0 aliphatic rings.